The predicted octanol–water partition coefficient (Wildman–Crippen LogP) is 1.37. The molecule has 1 aliphatic rings. The van der Waals surface area contributed by atoms with Crippen molar-refractivity contribution in [3.8, 4) is 11.3 Å². The summed E-state index contributed by atoms with van der Waals surface area (Å²) in [7, 11) is 0. The van der Waals surface area contributed by atoms with Crippen LogP contribution in [0.1, 0.15) is 16.6 Å². The van der Waals surface area contributed by atoms with Crippen molar-refractivity contribution >= 4 is 11.6 Å². The fourth-order valence-electron chi connectivity index (χ4n) is 1.98. The highest BCUT2D eigenvalue weighted by Crippen LogP contribution is 2.43. The highest BCUT2D eigenvalue weighted by molar-refractivity contribution is 6.24. The van der Waals surface area contributed by atoms with Crippen molar-refractivity contribution in [1.82, 2.24) is 9.97 Å². The topological polar surface area (TPSA) is 65.7 Å². The third-order valence-electron chi connectivity index (χ3n) is 2.72. The van der Waals surface area contributed by atoms with E-state index in [-0.39, 0.29) is 0 Å². The van der Waals surface area contributed by atoms with E-state index >= 15 is 0 Å². The minimum absolute atomic E-state index is 0.407. The second-order valence-corrected chi connectivity index (χ2v) is 4.08. The molecule has 5 heteroatoms. The monoisotopic (exact) mass is 234 g/mol. The maximum atomic E-state index is 11.3. The number of hydrogen-bond acceptors (Lipinski definition) is 2. The second-order valence-electron chi connectivity index (χ2n) is 3.65. The average Bonchev–Trinajstić information content (AvgIpc) is 2.55. The van der Waals surface area contributed by atoms with Gasteiger partial charge in [-0.3, -0.25) is 9.59 Å². The molecular formula is C11H7ClN2O2. The first-order valence-corrected chi connectivity index (χ1v) is 5.22. The molecule has 0 saturated heterocycles. The number of nitrogens with one attached hydrogen (secondary N) is 2. The molecule has 3 rings (SSSR count). The van der Waals surface area contributed by atoms with Crippen LogP contribution in [0, 0.1) is 0 Å². The molecule has 0 bridgehead atoms. The van der Waals surface area contributed by atoms with Crippen molar-refractivity contribution < 1.29 is 0 Å². The van der Waals surface area contributed by atoms with Gasteiger partial charge in [0.25, 0.3) is 0 Å². The zero-order valence-electron chi connectivity index (χ0n) is 8.08. The van der Waals surface area contributed by atoms with E-state index in [1.54, 1.807) is 0 Å². The molecule has 0 saturated carbocycles. The lowest BCUT2D eigenvalue weighted by Crippen LogP contribution is -2.30. The summed E-state index contributed by atoms with van der Waals surface area (Å²) in [6.07, 6.45) is 0. The van der Waals surface area contributed by atoms with Gasteiger partial charge in [-0.1, -0.05) is 24.3 Å². The largest absolute Gasteiger partial charge is 0.318 e. The van der Waals surface area contributed by atoms with Crippen LogP contribution in [-0.4, -0.2) is 9.97 Å². The van der Waals surface area contributed by atoms with Gasteiger partial charge in [-0.2, -0.15) is 0 Å². The molecule has 1 aliphatic carbocycles. The van der Waals surface area contributed by atoms with Crippen LogP contribution in [0.5, 0.6) is 0 Å². The normalized spacial score (nSPS) is 16.9. The van der Waals surface area contributed by atoms with Crippen LogP contribution in [0.4, 0.5) is 0 Å². The molecule has 4 nitrogen and oxygen atoms in total. The van der Waals surface area contributed by atoms with Crippen LogP contribution in [0.3, 0.4) is 0 Å². The van der Waals surface area contributed by atoms with Gasteiger partial charge in [-0.15, -0.1) is 11.6 Å². The van der Waals surface area contributed by atoms with Crippen LogP contribution < -0.4 is 11.1 Å². The minimum atomic E-state index is -0.669. The fraction of sp³-hybridized carbons (Fsp3) is 0.0909. The Kier molecular flexibility index (Phi) is 1.82. The lowest BCUT2D eigenvalue weighted by molar-refractivity contribution is 0.994. The van der Waals surface area contributed by atoms with E-state index < -0.39 is 16.5 Å². The van der Waals surface area contributed by atoms with E-state index in [0.717, 1.165) is 11.1 Å². The Labute approximate surface area is 94.9 Å². The van der Waals surface area contributed by atoms with Gasteiger partial charge in [0.2, 0.25) is 0 Å². The van der Waals surface area contributed by atoms with E-state index in [1.807, 2.05) is 24.3 Å². The fourth-order valence-corrected chi connectivity index (χ4v) is 2.34. The van der Waals surface area contributed by atoms with Gasteiger partial charge in [-0.05, 0) is 5.56 Å². The zero-order chi connectivity index (χ0) is 11.3. The molecule has 1 aromatic heterocycles. The van der Waals surface area contributed by atoms with Gasteiger partial charge in [0.15, 0.2) is 0 Å². The van der Waals surface area contributed by atoms with Crippen molar-refractivity contribution in [2.24, 2.45) is 0 Å². The lowest BCUT2D eigenvalue weighted by Gasteiger charge is -2.01. The summed E-state index contributed by atoms with van der Waals surface area (Å²) in [6.45, 7) is 0. The maximum Gasteiger partial charge on any atom is 0.314 e. The number of hydrogen-bond donors (Lipinski definition) is 2. The van der Waals surface area contributed by atoms with E-state index in [2.05, 4.69) is 9.97 Å². The molecule has 1 heterocycles. The molecule has 0 fully saturated rings. The average molecular weight is 235 g/mol. The molecule has 16 heavy (non-hydrogen) atoms. The number of rotatable bonds is 0. The van der Waals surface area contributed by atoms with Gasteiger partial charge < -0.3 is 9.97 Å². The molecule has 2 N–H and O–H groups in total. The summed E-state index contributed by atoms with van der Waals surface area (Å²) in [5.74, 6) is 0. The molecule has 1 atom stereocenters. The van der Waals surface area contributed by atoms with Crippen LogP contribution in [-0.2, 0) is 0 Å². The Morgan fingerprint density at radius 1 is 1.06 bits per heavy atom. The predicted molar refractivity (Wildman–Crippen MR) is 60.8 cm³/mol. The molecule has 1 unspecified atom stereocenters. The highest BCUT2D eigenvalue weighted by Gasteiger charge is 2.28. The first-order chi connectivity index (χ1) is 7.68. The van der Waals surface area contributed by atoms with Crippen molar-refractivity contribution in [2.45, 2.75) is 5.38 Å². The Hall–Kier alpha value is -1.81. The lowest BCUT2D eigenvalue weighted by atomic mass is 10.1. The van der Waals surface area contributed by atoms with Crippen LogP contribution in [0.15, 0.2) is 33.9 Å². The number of benzene rings is 1. The molecular weight excluding hydrogens is 228 g/mol. The number of halogens is 1. The van der Waals surface area contributed by atoms with Crippen molar-refractivity contribution in [3.63, 3.8) is 0 Å². The van der Waals surface area contributed by atoms with Gasteiger partial charge in [0.05, 0.1) is 11.4 Å². The van der Waals surface area contributed by atoms with Crippen molar-refractivity contribution in [2.75, 3.05) is 0 Å². The van der Waals surface area contributed by atoms with Crippen LogP contribution in [0.2, 0.25) is 0 Å². The quantitative estimate of drug-likeness (QED) is 0.534. The Morgan fingerprint density at radius 3 is 2.56 bits per heavy atom. The number of fused-ring (bicyclic) bond motifs is 3. The van der Waals surface area contributed by atoms with Crippen molar-refractivity contribution in [3.05, 3.63) is 56.2 Å². The standard InChI is InChI=1S/C11H7ClN2O2/c12-7-5-3-1-2-4-6(5)8-9(7)14-11(16)10(15)13-8/h1-4,7H,(H,13,15)(H,14,16). The van der Waals surface area contributed by atoms with E-state index in [4.69, 9.17) is 11.6 Å². The summed E-state index contributed by atoms with van der Waals surface area (Å²) in [5.41, 5.74) is 1.62. The second kappa shape index (κ2) is 3.09. The smallest absolute Gasteiger partial charge is 0.314 e. The molecule has 0 amide bonds. The molecule has 80 valence electrons. The van der Waals surface area contributed by atoms with E-state index in [9.17, 15) is 9.59 Å². The first kappa shape index (κ1) is 9.42. The highest BCUT2D eigenvalue weighted by atomic mass is 35.5. The molecule has 0 spiro atoms. The summed E-state index contributed by atoms with van der Waals surface area (Å²) < 4.78 is 0. The Morgan fingerprint density at radius 2 is 1.75 bits per heavy atom. The van der Waals surface area contributed by atoms with Crippen LogP contribution in [0.25, 0.3) is 11.3 Å². The molecule has 0 radical (unpaired) electrons. The number of aromatic nitrogens is 2. The van der Waals surface area contributed by atoms with Gasteiger partial charge in [0, 0.05) is 5.56 Å². The number of alkyl halides is 1. The number of aromatic amines is 2. The SMILES string of the molecule is O=c1[nH]c2c([nH]c1=O)C(Cl)c1ccccc1-2. The van der Waals surface area contributed by atoms with Gasteiger partial charge in [-0.25, -0.2) is 0 Å². The Balaban J connectivity index is 2.43. The van der Waals surface area contributed by atoms with E-state index in [0.29, 0.717) is 11.4 Å². The summed E-state index contributed by atoms with van der Waals surface area (Å²) >= 11 is 6.21. The Bertz CT molecular complexity index is 687. The molecule has 0 aliphatic heterocycles. The number of H-pyrrole nitrogens is 2. The minimum Gasteiger partial charge on any atom is -0.318 e. The first-order valence-electron chi connectivity index (χ1n) is 4.78. The summed E-state index contributed by atoms with van der Waals surface area (Å²) in [4.78, 5) is 27.6. The van der Waals surface area contributed by atoms with E-state index in [1.165, 1.54) is 0 Å². The van der Waals surface area contributed by atoms with Gasteiger partial charge >= 0.3 is 11.1 Å². The third kappa shape index (κ3) is 1.10. The summed E-state index contributed by atoms with van der Waals surface area (Å²) in [6, 6.07) is 7.48. The molecule has 1 aromatic carbocycles. The summed E-state index contributed by atoms with van der Waals surface area (Å²) in [5, 5.41) is -0.407. The maximum absolute atomic E-state index is 11.3. The third-order valence-corrected chi connectivity index (χ3v) is 3.17. The zero-order valence-corrected chi connectivity index (χ0v) is 8.84. The van der Waals surface area contributed by atoms with Crippen LogP contribution >= 0.6 is 11.6 Å². The molecule has 2 aromatic rings. The van der Waals surface area contributed by atoms with Crippen molar-refractivity contribution in [1.29, 1.82) is 0 Å². The van der Waals surface area contributed by atoms with Gasteiger partial charge in [0.1, 0.15) is 5.38 Å².